The second-order valence-corrected chi connectivity index (χ2v) is 4.91. The van der Waals surface area contributed by atoms with Crippen molar-refractivity contribution >= 4 is 0 Å². The predicted octanol–water partition coefficient (Wildman–Crippen LogP) is 4.23. The Labute approximate surface area is 124 Å². The fourth-order valence-corrected chi connectivity index (χ4v) is 2.71. The molecule has 0 amide bonds. The van der Waals surface area contributed by atoms with Gasteiger partial charge in [0, 0.05) is 0 Å². The standard InChI is InChI=1S/C19H15N2/c20-21-19(16-10-4-1-5-11-16,17-12-6-2-7-13-17)18-14-8-3-9-15-18/h1-15H. The third kappa shape index (κ3) is 2.25. The Kier molecular flexibility index (Phi) is 3.61. The molecule has 21 heavy (non-hydrogen) atoms. The number of nitrogens with zero attached hydrogens (tertiary/aromatic N) is 2. The summed E-state index contributed by atoms with van der Waals surface area (Å²) in [6.45, 7) is 0. The molecule has 3 aromatic rings. The first-order valence-corrected chi connectivity index (χ1v) is 6.91. The molecule has 0 heterocycles. The lowest BCUT2D eigenvalue weighted by Crippen LogP contribution is -2.26. The maximum Gasteiger partial charge on any atom is 0.159 e. The summed E-state index contributed by atoms with van der Waals surface area (Å²) in [7, 11) is 0. The van der Waals surface area contributed by atoms with E-state index in [4.69, 9.17) is 0 Å². The Morgan fingerprint density at radius 1 is 0.524 bits per heavy atom. The van der Waals surface area contributed by atoms with Crippen LogP contribution in [0.3, 0.4) is 0 Å². The topological polar surface area (TPSA) is 34.7 Å². The lowest BCUT2D eigenvalue weighted by atomic mass is 9.78. The van der Waals surface area contributed by atoms with E-state index in [9.17, 15) is 5.53 Å². The van der Waals surface area contributed by atoms with Crippen LogP contribution in [0.5, 0.6) is 0 Å². The molecule has 2 nitrogen and oxygen atoms in total. The van der Waals surface area contributed by atoms with Crippen molar-refractivity contribution in [2.45, 2.75) is 5.54 Å². The van der Waals surface area contributed by atoms with E-state index in [0.29, 0.717) is 0 Å². The molecule has 0 aromatic heterocycles. The smallest absolute Gasteiger partial charge is 0.146 e. The number of hydrogen-bond donors (Lipinski definition) is 0. The van der Waals surface area contributed by atoms with Crippen LogP contribution in [0.2, 0.25) is 0 Å². The first kappa shape index (κ1) is 13.3. The second kappa shape index (κ2) is 5.71. The summed E-state index contributed by atoms with van der Waals surface area (Å²) in [4.78, 5) is 0. The summed E-state index contributed by atoms with van der Waals surface area (Å²) in [6, 6.07) is 29.6. The van der Waals surface area contributed by atoms with E-state index >= 15 is 0 Å². The molecule has 0 saturated heterocycles. The minimum absolute atomic E-state index is 0.899. The van der Waals surface area contributed by atoms with Gasteiger partial charge >= 0.3 is 0 Å². The molecule has 0 fully saturated rings. The molecule has 101 valence electrons. The van der Waals surface area contributed by atoms with Crippen LogP contribution in [0.15, 0.2) is 96.1 Å². The average Bonchev–Trinajstić information content (AvgIpc) is 2.59. The van der Waals surface area contributed by atoms with Gasteiger partial charge < -0.3 is 0 Å². The first-order valence-electron chi connectivity index (χ1n) is 6.91. The zero-order valence-electron chi connectivity index (χ0n) is 11.6. The highest BCUT2D eigenvalue weighted by Crippen LogP contribution is 2.39. The minimum atomic E-state index is -0.899. The van der Waals surface area contributed by atoms with Crippen LogP contribution in [0.1, 0.15) is 16.7 Å². The highest BCUT2D eigenvalue weighted by atomic mass is 15.0. The van der Waals surface area contributed by atoms with Gasteiger partial charge in [0.15, 0.2) is 5.54 Å². The maximum absolute atomic E-state index is 9.96. The van der Waals surface area contributed by atoms with Crippen molar-refractivity contribution in [3.8, 4) is 0 Å². The van der Waals surface area contributed by atoms with Gasteiger partial charge in [0.2, 0.25) is 0 Å². The van der Waals surface area contributed by atoms with E-state index in [1.807, 2.05) is 91.0 Å². The van der Waals surface area contributed by atoms with Crippen LogP contribution in [-0.2, 0) is 5.54 Å². The molecule has 0 aliphatic rings. The van der Waals surface area contributed by atoms with Gasteiger partial charge in [-0.05, 0) is 22.2 Å². The van der Waals surface area contributed by atoms with E-state index in [-0.39, 0.29) is 0 Å². The first-order chi connectivity index (χ1) is 10.4. The zero-order valence-corrected chi connectivity index (χ0v) is 11.6. The van der Waals surface area contributed by atoms with Crippen LogP contribution < -0.4 is 5.53 Å². The summed E-state index contributed by atoms with van der Waals surface area (Å²) in [5.41, 5.74) is 11.9. The van der Waals surface area contributed by atoms with Crippen molar-refractivity contribution in [3.05, 3.63) is 108 Å². The van der Waals surface area contributed by atoms with Crippen molar-refractivity contribution < 1.29 is 0 Å². The molecule has 0 bridgehead atoms. The molecular formula is C19H15N2. The van der Waals surface area contributed by atoms with Crippen molar-refractivity contribution in [3.63, 3.8) is 0 Å². The van der Waals surface area contributed by atoms with Crippen LogP contribution in [0.4, 0.5) is 0 Å². The highest BCUT2D eigenvalue weighted by Gasteiger charge is 2.36. The van der Waals surface area contributed by atoms with Gasteiger partial charge in [-0.2, -0.15) is 0 Å². The number of rotatable bonds is 4. The normalized spacial score (nSPS) is 11.0. The molecule has 3 aromatic carbocycles. The largest absolute Gasteiger partial charge is 0.159 e. The Morgan fingerprint density at radius 3 is 1.05 bits per heavy atom. The van der Waals surface area contributed by atoms with Crippen molar-refractivity contribution in [2.75, 3.05) is 0 Å². The van der Waals surface area contributed by atoms with Crippen LogP contribution in [-0.4, -0.2) is 0 Å². The molecule has 0 aliphatic carbocycles. The quantitative estimate of drug-likeness (QED) is 0.503. The average molecular weight is 271 g/mol. The maximum atomic E-state index is 9.96. The lowest BCUT2D eigenvalue weighted by molar-refractivity contribution is 0.620. The predicted molar refractivity (Wildman–Crippen MR) is 83.8 cm³/mol. The number of hydrogen-bond acceptors (Lipinski definition) is 1. The Hall–Kier alpha value is -2.74. The molecule has 0 N–H and O–H groups in total. The summed E-state index contributed by atoms with van der Waals surface area (Å²) in [5.74, 6) is 0. The third-order valence-electron chi connectivity index (χ3n) is 3.72. The van der Waals surface area contributed by atoms with Gasteiger partial charge in [-0.1, -0.05) is 91.0 Å². The second-order valence-electron chi connectivity index (χ2n) is 4.91. The van der Waals surface area contributed by atoms with Gasteiger partial charge in [0.05, 0.1) is 0 Å². The van der Waals surface area contributed by atoms with E-state index in [2.05, 4.69) is 5.11 Å². The van der Waals surface area contributed by atoms with Gasteiger partial charge in [-0.25, -0.2) is 0 Å². The van der Waals surface area contributed by atoms with Crippen LogP contribution in [0, 0.1) is 0 Å². The molecule has 0 unspecified atom stereocenters. The number of benzene rings is 3. The fraction of sp³-hybridized carbons (Fsp3) is 0.0526. The van der Waals surface area contributed by atoms with Gasteiger partial charge in [0.25, 0.3) is 0 Å². The summed E-state index contributed by atoms with van der Waals surface area (Å²) >= 11 is 0. The molecule has 1 radical (unpaired) electrons. The fourth-order valence-electron chi connectivity index (χ4n) is 2.71. The SMILES string of the molecule is [N]=NC(c1ccccc1)(c1ccccc1)c1ccccc1. The zero-order chi connectivity index (χ0) is 14.5. The van der Waals surface area contributed by atoms with Gasteiger partial charge in [-0.3, -0.25) is 0 Å². The van der Waals surface area contributed by atoms with Gasteiger partial charge in [-0.15, -0.1) is 5.11 Å². The lowest BCUT2D eigenvalue weighted by Gasteiger charge is -2.29. The Balaban J connectivity index is 2.31. The molecule has 0 spiro atoms. The summed E-state index contributed by atoms with van der Waals surface area (Å²) in [6.07, 6.45) is 0. The molecule has 0 saturated carbocycles. The third-order valence-corrected chi connectivity index (χ3v) is 3.72. The van der Waals surface area contributed by atoms with Gasteiger partial charge in [0.1, 0.15) is 0 Å². The van der Waals surface area contributed by atoms with Crippen LogP contribution in [0.25, 0.3) is 0 Å². The van der Waals surface area contributed by atoms with Crippen molar-refractivity contribution in [2.24, 2.45) is 5.11 Å². The molecule has 2 heteroatoms. The minimum Gasteiger partial charge on any atom is -0.146 e. The molecular weight excluding hydrogens is 256 g/mol. The molecule has 0 atom stereocenters. The molecule has 3 rings (SSSR count). The summed E-state index contributed by atoms with van der Waals surface area (Å²) in [5, 5.41) is 3.83. The van der Waals surface area contributed by atoms with E-state index in [1.165, 1.54) is 0 Å². The van der Waals surface area contributed by atoms with E-state index in [0.717, 1.165) is 16.7 Å². The summed E-state index contributed by atoms with van der Waals surface area (Å²) < 4.78 is 0. The van der Waals surface area contributed by atoms with E-state index < -0.39 is 5.54 Å². The van der Waals surface area contributed by atoms with E-state index in [1.54, 1.807) is 0 Å². The highest BCUT2D eigenvalue weighted by molar-refractivity contribution is 5.49. The molecule has 0 aliphatic heterocycles. The monoisotopic (exact) mass is 271 g/mol. The Bertz CT molecular complexity index is 610. The van der Waals surface area contributed by atoms with Crippen molar-refractivity contribution in [1.29, 1.82) is 0 Å². The van der Waals surface area contributed by atoms with Crippen molar-refractivity contribution in [1.82, 2.24) is 5.53 Å². The van der Waals surface area contributed by atoms with Crippen LogP contribution >= 0.6 is 0 Å². The Morgan fingerprint density at radius 2 is 0.810 bits per heavy atom.